The third-order valence-electron chi connectivity index (χ3n) is 12.2. The molecule has 0 fully saturated rings. The van der Waals surface area contributed by atoms with E-state index in [2.05, 4.69) is 99.5 Å². The molecule has 9 aromatic rings. The molecule has 10 rings (SSSR count). The number of ether oxygens (including phenoxy) is 1. The SMILES string of the molecule is [2H]c1c([2H])c(C(C)(C)C)c([2H])c([2H])c1-c1cc(Oc2[c-]c3c(cc2)c2ccccc2n3-c2cc(C(C)(C)C)ccn2)[c-]c(N2[CH-]N(c3c(-c4ccc(F)cc4)cccc3C(C)(C)C)c3ccccc32)c1.[Pt]. The molecule has 0 N–H and O–H groups in total. The first-order valence-electron chi connectivity index (χ1n) is 24.4. The van der Waals surface area contributed by atoms with E-state index in [-0.39, 0.29) is 73.2 Å². The van der Waals surface area contributed by atoms with Gasteiger partial charge in [-0.05, 0) is 91.9 Å². The quantitative estimate of drug-likeness (QED) is 0.149. The van der Waals surface area contributed by atoms with Crippen molar-refractivity contribution in [3.8, 4) is 39.6 Å². The molecule has 3 heterocycles. The summed E-state index contributed by atoms with van der Waals surface area (Å²) in [6.45, 7) is 20.8. The maximum atomic E-state index is 14.4. The van der Waals surface area contributed by atoms with E-state index in [1.165, 1.54) is 12.1 Å². The number of rotatable bonds is 7. The molecule has 340 valence electrons. The Morgan fingerprint density at radius 3 is 1.99 bits per heavy atom. The summed E-state index contributed by atoms with van der Waals surface area (Å²) in [5.41, 5.74) is 8.83. The topological polar surface area (TPSA) is 33.5 Å². The van der Waals surface area contributed by atoms with Crippen molar-refractivity contribution in [2.75, 3.05) is 9.80 Å². The molecular weight excluding hydrogens is 1010 g/mol. The van der Waals surface area contributed by atoms with Crippen LogP contribution in [0.4, 0.5) is 27.1 Å². The normalized spacial score (nSPS) is 13.8. The van der Waals surface area contributed by atoms with Crippen molar-refractivity contribution in [2.45, 2.75) is 78.6 Å². The van der Waals surface area contributed by atoms with E-state index >= 15 is 0 Å². The molecule has 0 unspecified atom stereocenters. The molecule has 0 saturated heterocycles. The Morgan fingerprint density at radius 1 is 0.597 bits per heavy atom. The van der Waals surface area contributed by atoms with Gasteiger partial charge in [0.05, 0.1) is 5.48 Å². The van der Waals surface area contributed by atoms with Crippen molar-refractivity contribution in [2.24, 2.45) is 0 Å². The van der Waals surface area contributed by atoms with Gasteiger partial charge in [0, 0.05) is 66.9 Å². The third-order valence-corrected chi connectivity index (χ3v) is 12.2. The van der Waals surface area contributed by atoms with Gasteiger partial charge < -0.3 is 19.1 Å². The van der Waals surface area contributed by atoms with Gasteiger partial charge in [-0.25, -0.2) is 9.37 Å². The molecule has 67 heavy (non-hydrogen) atoms. The summed E-state index contributed by atoms with van der Waals surface area (Å²) >= 11 is 0. The Bertz CT molecular complexity index is 3500. The Kier molecular flexibility index (Phi) is 10.5. The predicted molar refractivity (Wildman–Crippen MR) is 271 cm³/mol. The molecule has 0 radical (unpaired) electrons. The van der Waals surface area contributed by atoms with Crippen LogP contribution in [0.5, 0.6) is 11.5 Å². The van der Waals surface area contributed by atoms with Gasteiger partial charge in [0.15, 0.2) is 0 Å². The average Bonchev–Trinajstić information content (AvgIpc) is 3.86. The summed E-state index contributed by atoms with van der Waals surface area (Å²) in [5.74, 6) is 1.13. The average molecular weight is 1070 g/mol. The molecule has 0 bridgehead atoms. The zero-order valence-corrected chi connectivity index (χ0v) is 41.4. The van der Waals surface area contributed by atoms with Crippen LogP contribution in [0.3, 0.4) is 0 Å². The van der Waals surface area contributed by atoms with E-state index in [1.807, 2.05) is 99.2 Å². The molecule has 2 aromatic heterocycles. The van der Waals surface area contributed by atoms with Crippen molar-refractivity contribution < 1.29 is 35.7 Å². The monoisotopic (exact) mass is 1060 g/mol. The summed E-state index contributed by atoms with van der Waals surface area (Å²) in [5, 5.41) is 2.02. The molecule has 0 saturated carbocycles. The van der Waals surface area contributed by atoms with E-state index < -0.39 is 5.41 Å². The molecule has 0 atom stereocenters. The largest absolute Gasteiger partial charge is 0.509 e. The molecule has 1 aliphatic heterocycles. The van der Waals surface area contributed by atoms with Crippen molar-refractivity contribution in [3.05, 3.63) is 199 Å². The number of halogens is 1. The molecule has 7 aromatic carbocycles. The van der Waals surface area contributed by atoms with Crippen LogP contribution in [-0.4, -0.2) is 9.55 Å². The minimum absolute atomic E-state index is 0. The van der Waals surface area contributed by atoms with E-state index in [9.17, 15) is 9.87 Å². The molecule has 5 nitrogen and oxygen atoms in total. The fraction of sp³-hybridized carbons (Fsp3) is 0.200. The Hall–Kier alpha value is -6.49. The number of benzene rings is 7. The van der Waals surface area contributed by atoms with Crippen LogP contribution in [0, 0.1) is 24.6 Å². The standard InChI is InChI=1S/C60H54FN4O.Pt/c1-58(2,3)42-25-21-39(22-26-42)41-33-45(63-38-64(54-20-13-12-19-53(54)63)57-48(40-23-27-44(61)28-24-40)16-14-17-51(57)60(7,8)9)36-47(34-41)66-46-29-30-50-49-15-10-11-18-52(49)65(55(50)37-46)56-35-43(31-32-62-56)59(4,5)6;/h10-35,38H,1-9H3;/q-3;/i21D,22D,25D,26D;. The maximum absolute atomic E-state index is 14.4. The van der Waals surface area contributed by atoms with Crippen molar-refractivity contribution >= 4 is 44.6 Å². The van der Waals surface area contributed by atoms with Crippen LogP contribution in [0.25, 0.3) is 49.9 Å². The predicted octanol–water partition coefficient (Wildman–Crippen LogP) is 16.3. The third kappa shape index (κ3) is 8.69. The molecule has 7 heteroatoms. The van der Waals surface area contributed by atoms with Crippen LogP contribution in [0.2, 0.25) is 0 Å². The number of aromatic nitrogens is 2. The fourth-order valence-corrected chi connectivity index (χ4v) is 8.74. The Labute approximate surface area is 414 Å². The van der Waals surface area contributed by atoms with Crippen LogP contribution < -0.4 is 14.5 Å². The van der Waals surface area contributed by atoms with Gasteiger partial charge in [0.25, 0.3) is 0 Å². The van der Waals surface area contributed by atoms with Crippen LogP contribution in [-0.2, 0) is 37.3 Å². The first kappa shape index (κ1) is 40.8. The molecule has 1 aliphatic rings. The van der Waals surface area contributed by atoms with Gasteiger partial charge in [0.1, 0.15) is 11.6 Å². The Morgan fingerprint density at radius 2 is 1.28 bits per heavy atom. The van der Waals surface area contributed by atoms with Gasteiger partial charge >= 0.3 is 0 Å². The fourth-order valence-electron chi connectivity index (χ4n) is 8.74. The van der Waals surface area contributed by atoms with Gasteiger partial charge in [-0.15, -0.1) is 53.6 Å². The van der Waals surface area contributed by atoms with E-state index in [0.717, 1.165) is 66.9 Å². The zero-order valence-electron chi connectivity index (χ0n) is 43.2. The van der Waals surface area contributed by atoms with Crippen molar-refractivity contribution in [1.29, 1.82) is 0 Å². The summed E-state index contributed by atoms with van der Waals surface area (Å²) in [7, 11) is 0. The van der Waals surface area contributed by atoms with Crippen LogP contribution in [0.15, 0.2) is 158 Å². The van der Waals surface area contributed by atoms with E-state index in [1.54, 1.807) is 18.2 Å². The zero-order chi connectivity index (χ0) is 49.6. The molecule has 0 aliphatic carbocycles. The second-order valence-corrected chi connectivity index (χ2v) is 20.1. The Balaban J connectivity index is 0.00000624. The smallest absolute Gasteiger partial charge is 0.135 e. The van der Waals surface area contributed by atoms with E-state index in [4.69, 9.17) is 9.72 Å². The van der Waals surface area contributed by atoms with Crippen LogP contribution in [0.1, 0.15) is 84.5 Å². The van der Waals surface area contributed by atoms with Gasteiger partial charge in [-0.3, -0.25) is 0 Å². The minimum Gasteiger partial charge on any atom is -0.509 e. The molecule has 0 amide bonds. The summed E-state index contributed by atoms with van der Waals surface area (Å²) < 4.78 is 60.5. The molecule has 0 spiro atoms. The number of fused-ring (bicyclic) bond motifs is 4. The number of hydrogen-bond acceptors (Lipinski definition) is 4. The number of anilines is 4. The van der Waals surface area contributed by atoms with Gasteiger partial charge in [-0.2, -0.15) is 6.07 Å². The number of pyridine rings is 1. The summed E-state index contributed by atoms with van der Waals surface area (Å²) in [6, 6.07) is 47.4. The minimum atomic E-state index is -0.642. The second kappa shape index (κ2) is 17.3. The number of nitrogens with zero attached hydrogens (tertiary/aromatic N) is 4. The van der Waals surface area contributed by atoms with E-state index in [0.29, 0.717) is 22.6 Å². The first-order chi connectivity index (χ1) is 33.2. The van der Waals surface area contributed by atoms with Gasteiger partial charge in [0.2, 0.25) is 0 Å². The second-order valence-electron chi connectivity index (χ2n) is 20.1. The number of para-hydroxylation sites is 4. The van der Waals surface area contributed by atoms with Crippen LogP contribution >= 0.6 is 0 Å². The summed E-state index contributed by atoms with van der Waals surface area (Å²) in [4.78, 5) is 9.03. The maximum Gasteiger partial charge on any atom is 0.135 e. The summed E-state index contributed by atoms with van der Waals surface area (Å²) in [6.07, 6.45) is 1.85. The van der Waals surface area contributed by atoms with Gasteiger partial charge in [-0.1, -0.05) is 153 Å². The molecular formula is C60H54FN4OPt-3. The number of hydrogen-bond donors (Lipinski definition) is 0. The van der Waals surface area contributed by atoms with Crippen molar-refractivity contribution in [3.63, 3.8) is 0 Å². The first-order valence-corrected chi connectivity index (χ1v) is 22.4. The van der Waals surface area contributed by atoms with Crippen molar-refractivity contribution in [1.82, 2.24) is 9.55 Å².